The molecular formula is C14H21NO3. The number of carboxylic acid groups (broad SMARTS) is 1. The van der Waals surface area contributed by atoms with Crippen molar-refractivity contribution in [2.45, 2.75) is 51.6 Å². The minimum absolute atomic E-state index is 0.262. The van der Waals surface area contributed by atoms with Gasteiger partial charge in [-0.1, -0.05) is 19.3 Å². The maximum Gasteiger partial charge on any atom is 0.339 e. The fourth-order valence-corrected chi connectivity index (χ4v) is 2.72. The standard InChI is InChI=1S/C14H21NO3/c1-10(11-5-3-2-4-6-11)15-9-13-12(14(16)17)7-8-18-13/h7-8,10-11,15H,2-6,9H2,1H3,(H,16,17). The molecule has 0 amide bonds. The minimum Gasteiger partial charge on any atom is -0.478 e. The molecule has 2 N–H and O–H groups in total. The van der Waals surface area contributed by atoms with Gasteiger partial charge in [0, 0.05) is 6.04 Å². The van der Waals surface area contributed by atoms with Gasteiger partial charge < -0.3 is 14.8 Å². The SMILES string of the molecule is CC(NCc1occc1C(=O)O)C1CCCCC1. The molecule has 0 aromatic carbocycles. The first-order valence-corrected chi connectivity index (χ1v) is 6.71. The summed E-state index contributed by atoms with van der Waals surface area (Å²) in [6.45, 7) is 2.67. The third-order valence-electron chi connectivity index (χ3n) is 3.92. The van der Waals surface area contributed by atoms with Crippen molar-refractivity contribution in [3.05, 3.63) is 23.7 Å². The van der Waals surface area contributed by atoms with Crippen molar-refractivity contribution in [2.75, 3.05) is 0 Å². The highest BCUT2D eigenvalue weighted by Crippen LogP contribution is 2.26. The van der Waals surface area contributed by atoms with Gasteiger partial charge in [-0.3, -0.25) is 0 Å². The largest absolute Gasteiger partial charge is 0.478 e. The van der Waals surface area contributed by atoms with Crippen LogP contribution in [0.2, 0.25) is 0 Å². The Labute approximate surface area is 107 Å². The highest BCUT2D eigenvalue weighted by molar-refractivity contribution is 5.88. The molecule has 1 fully saturated rings. The highest BCUT2D eigenvalue weighted by Gasteiger charge is 2.21. The van der Waals surface area contributed by atoms with E-state index in [2.05, 4.69) is 12.2 Å². The van der Waals surface area contributed by atoms with E-state index >= 15 is 0 Å². The zero-order valence-corrected chi connectivity index (χ0v) is 10.8. The Hall–Kier alpha value is -1.29. The summed E-state index contributed by atoms with van der Waals surface area (Å²) in [5, 5.41) is 12.4. The van der Waals surface area contributed by atoms with E-state index in [1.54, 1.807) is 0 Å². The van der Waals surface area contributed by atoms with E-state index in [9.17, 15) is 4.79 Å². The lowest BCUT2D eigenvalue weighted by Gasteiger charge is -2.28. The fraction of sp³-hybridized carbons (Fsp3) is 0.643. The molecule has 100 valence electrons. The van der Waals surface area contributed by atoms with Crippen LogP contribution in [0.4, 0.5) is 0 Å². The Morgan fingerprint density at radius 3 is 2.89 bits per heavy atom. The summed E-state index contributed by atoms with van der Waals surface area (Å²) < 4.78 is 5.22. The van der Waals surface area contributed by atoms with Crippen LogP contribution in [0.15, 0.2) is 16.7 Å². The molecule has 1 aromatic heterocycles. The Bertz CT molecular complexity index is 393. The number of rotatable bonds is 5. The molecule has 1 atom stereocenters. The van der Waals surface area contributed by atoms with Gasteiger partial charge in [-0.2, -0.15) is 0 Å². The maximum atomic E-state index is 10.9. The van der Waals surface area contributed by atoms with Crippen LogP contribution in [0.3, 0.4) is 0 Å². The van der Waals surface area contributed by atoms with Crippen LogP contribution in [-0.4, -0.2) is 17.1 Å². The first-order chi connectivity index (χ1) is 8.68. The summed E-state index contributed by atoms with van der Waals surface area (Å²) in [6, 6.07) is 1.92. The van der Waals surface area contributed by atoms with Gasteiger partial charge in [0.2, 0.25) is 0 Å². The molecule has 0 bridgehead atoms. The minimum atomic E-state index is -0.925. The lowest BCUT2D eigenvalue weighted by atomic mass is 9.84. The molecule has 0 radical (unpaired) electrons. The molecule has 1 saturated carbocycles. The van der Waals surface area contributed by atoms with Gasteiger partial charge in [0.05, 0.1) is 12.8 Å². The van der Waals surface area contributed by atoms with Crippen LogP contribution >= 0.6 is 0 Å². The van der Waals surface area contributed by atoms with Crippen molar-refractivity contribution in [3.8, 4) is 0 Å². The van der Waals surface area contributed by atoms with Gasteiger partial charge in [0.15, 0.2) is 0 Å². The predicted octanol–water partition coefficient (Wildman–Crippen LogP) is 3.04. The van der Waals surface area contributed by atoms with E-state index in [1.165, 1.54) is 44.4 Å². The average molecular weight is 251 g/mol. The van der Waals surface area contributed by atoms with Gasteiger partial charge in [0.1, 0.15) is 11.3 Å². The quantitative estimate of drug-likeness (QED) is 0.844. The molecule has 4 heteroatoms. The van der Waals surface area contributed by atoms with Gasteiger partial charge in [-0.15, -0.1) is 0 Å². The van der Waals surface area contributed by atoms with Crippen molar-refractivity contribution in [1.82, 2.24) is 5.32 Å². The first kappa shape index (κ1) is 13.1. The maximum absolute atomic E-state index is 10.9. The van der Waals surface area contributed by atoms with Gasteiger partial charge >= 0.3 is 5.97 Å². The summed E-state index contributed by atoms with van der Waals surface area (Å²) in [4.78, 5) is 10.9. The molecule has 0 saturated heterocycles. The van der Waals surface area contributed by atoms with E-state index in [-0.39, 0.29) is 5.56 Å². The van der Waals surface area contributed by atoms with Crippen molar-refractivity contribution in [2.24, 2.45) is 5.92 Å². The summed E-state index contributed by atoms with van der Waals surface area (Å²) in [6.07, 6.45) is 7.97. The molecular weight excluding hydrogens is 230 g/mol. The number of nitrogens with one attached hydrogen (secondary N) is 1. The second-order valence-electron chi connectivity index (χ2n) is 5.13. The summed E-state index contributed by atoms with van der Waals surface area (Å²) >= 11 is 0. The molecule has 0 aliphatic heterocycles. The average Bonchev–Trinajstić information content (AvgIpc) is 2.85. The lowest BCUT2D eigenvalue weighted by Crippen LogP contribution is -2.34. The zero-order chi connectivity index (χ0) is 13.0. The third kappa shape index (κ3) is 3.13. The van der Waals surface area contributed by atoms with Crippen LogP contribution < -0.4 is 5.32 Å². The lowest BCUT2D eigenvalue weighted by molar-refractivity contribution is 0.0694. The number of hydrogen-bond acceptors (Lipinski definition) is 3. The molecule has 1 aromatic rings. The van der Waals surface area contributed by atoms with Crippen molar-refractivity contribution in [3.63, 3.8) is 0 Å². The second-order valence-corrected chi connectivity index (χ2v) is 5.13. The number of aromatic carboxylic acids is 1. The monoisotopic (exact) mass is 251 g/mol. The summed E-state index contributed by atoms with van der Waals surface area (Å²) in [5.74, 6) is 0.304. The van der Waals surface area contributed by atoms with Crippen LogP contribution in [-0.2, 0) is 6.54 Å². The zero-order valence-electron chi connectivity index (χ0n) is 10.8. The smallest absolute Gasteiger partial charge is 0.339 e. The van der Waals surface area contributed by atoms with Crippen molar-refractivity contribution >= 4 is 5.97 Å². The topological polar surface area (TPSA) is 62.5 Å². The Kier molecular flexibility index (Phi) is 4.42. The van der Waals surface area contributed by atoms with E-state index in [4.69, 9.17) is 9.52 Å². The van der Waals surface area contributed by atoms with Gasteiger partial charge in [-0.05, 0) is 31.7 Å². The van der Waals surface area contributed by atoms with E-state index in [0.29, 0.717) is 24.3 Å². The fourth-order valence-electron chi connectivity index (χ4n) is 2.72. The summed E-state index contributed by atoms with van der Waals surface area (Å²) in [7, 11) is 0. The number of carbonyl (C=O) groups is 1. The number of hydrogen-bond donors (Lipinski definition) is 2. The van der Waals surface area contributed by atoms with E-state index < -0.39 is 5.97 Å². The molecule has 1 aliphatic carbocycles. The molecule has 4 nitrogen and oxygen atoms in total. The molecule has 1 unspecified atom stereocenters. The van der Waals surface area contributed by atoms with Crippen LogP contribution in [0.25, 0.3) is 0 Å². The molecule has 0 spiro atoms. The molecule has 18 heavy (non-hydrogen) atoms. The van der Waals surface area contributed by atoms with E-state index in [0.717, 1.165) is 0 Å². The van der Waals surface area contributed by atoms with Crippen LogP contribution in [0.5, 0.6) is 0 Å². The highest BCUT2D eigenvalue weighted by atomic mass is 16.4. The van der Waals surface area contributed by atoms with Crippen molar-refractivity contribution in [1.29, 1.82) is 0 Å². The molecule has 1 heterocycles. The second kappa shape index (κ2) is 6.05. The predicted molar refractivity (Wildman–Crippen MR) is 68.5 cm³/mol. The third-order valence-corrected chi connectivity index (χ3v) is 3.92. The Morgan fingerprint density at radius 2 is 2.22 bits per heavy atom. The molecule has 1 aliphatic rings. The van der Waals surface area contributed by atoms with E-state index in [1.807, 2.05) is 0 Å². The van der Waals surface area contributed by atoms with Gasteiger partial charge in [0.25, 0.3) is 0 Å². The molecule has 2 rings (SSSR count). The normalized spacial score (nSPS) is 18.7. The first-order valence-electron chi connectivity index (χ1n) is 6.71. The van der Waals surface area contributed by atoms with Crippen LogP contribution in [0, 0.1) is 5.92 Å². The van der Waals surface area contributed by atoms with Crippen molar-refractivity contribution < 1.29 is 14.3 Å². The van der Waals surface area contributed by atoms with Crippen LogP contribution in [0.1, 0.15) is 55.1 Å². The summed E-state index contributed by atoms with van der Waals surface area (Å²) in [5.41, 5.74) is 0.262. The van der Waals surface area contributed by atoms with Gasteiger partial charge in [-0.25, -0.2) is 4.79 Å². The Balaban J connectivity index is 1.86. The number of furan rings is 1. The Morgan fingerprint density at radius 1 is 1.50 bits per heavy atom. The number of carboxylic acids is 1.